The molecule has 2 aliphatic rings. The van der Waals surface area contributed by atoms with Crippen LogP contribution in [0.4, 0.5) is 5.00 Å². The predicted octanol–water partition coefficient (Wildman–Crippen LogP) is 4.34. The van der Waals surface area contributed by atoms with Gasteiger partial charge in [0.1, 0.15) is 16.8 Å². The second-order valence-corrected chi connectivity index (χ2v) is 7.69. The maximum absolute atomic E-state index is 12.6. The summed E-state index contributed by atoms with van der Waals surface area (Å²) in [5, 5.41) is 17.1. The Hall–Kier alpha value is -2.65. The van der Waals surface area contributed by atoms with E-state index >= 15 is 0 Å². The fourth-order valence-corrected chi connectivity index (χ4v) is 4.72. The Labute approximate surface area is 156 Å². The summed E-state index contributed by atoms with van der Waals surface area (Å²) in [6.07, 6.45) is 5.56. The molecular weight excluding hydrogens is 346 g/mol. The first-order valence-electron chi connectivity index (χ1n) is 8.90. The van der Waals surface area contributed by atoms with Crippen molar-refractivity contribution < 1.29 is 9.63 Å². The van der Waals surface area contributed by atoms with E-state index in [9.17, 15) is 10.1 Å². The third kappa shape index (κ3) is 3.23. The zero-order valence-corrected chi connectivity index (χ0v) is 15.1. The first kappa shape index (κ1) is 16.8. The van der Waals surface area contributed by atoms with Gasteiger partial charge in [-0.15, -0.1) is 11.3 Å². The number of nitriles is 1. The molecule has 132 valence electrons. The van der Waals surface area contributed by atoms with Crippen molar-refractivity contribution in [3.05, 3.63) is 51.9 Å². The highest BCUT2D eigenvalue weighted by atomic mass is 32.1. The van der Waals surface area contributed by atoms with Gasteiger partial charge in [0, 0.05) is 11.3 Å². The number of oxime groups is 1. The van der Waals surface area contributed by atoms with E-state index in [1.165, 1.54) is 22.6 Å². The third-order valence-corrected chi connectivity index (χ3v) is 6.07. The van der Waals surface area contributed by atoms with Crippen molar-refractivity contribution in [1.29, 1.82) is 5.26 Å². The van der Waals surface area contributed by atoms with Gasteiger partial charge in [-0.3, -0.25) is 4.79 Å². The quantitative estimate of drug-likeness (QED) is 0.822. The zero-order chi connectivity index (χ0) is 17.9. The average molecular weight is 365 g/mol. The Morgan fingerprint density at radius 2 is 2.04 bits per heavy atom. The van der Waals surface area contributed by atoms with Crippen LogP contribution in [-0.2, 0) is 22.5 Å². The number of nitrogens with one attached hydrogen (secondary N) is 1. The molecule has 4 rings (SSSR count). The molecule has 0 radical (unpaired) electrons. The summed E-state index contributed by atoms with van der Waals surface area (Å²) >= 11 is 1.53. The van der Waals surface area contributed by atoms with Gasteiger partial charge in [-0.2, -0.15) is 5.26 Å². The number of rotatable bonds is 3. The maximum atomic E-state index is 12.6. The molecule has 0 saturated carbocycles. The van der Waals surface area contributed by atoms with Crippen LogP contribution in [0.5, 0.6) is 0 Å². The summed E-state index contributed by atoms with van der Waals surface area (Å²) in [6.45, 7) is 0. The van der Waals surface area contributed by atoms with Crippen LogP contribution in [0.2, 0.25) is 0 Å². The molecule has 1 amide bonds. The number of nitrogens with zero attached hydrogens (tertiary/aromatic N) is 2. The molecule has 2 heterocycles. The Kier molecular flexibility index (Phi) is 4.72. The fourth-order valence-electron chi connectivity index (χ4n) is 3.48. The number of fused-ring (bicyclic) bond motifs is 1. The molecule has 0 bridgehead atoms. The first-order valence-corrected chi connectivity index (χ1v) is 9.71. The fraction of sp³-hybridized carbons (Fsp3) is 0.350. The number of hydrogen-bond acceptors (Lipinski definition) is 5. The van der Waals surface area contributed by atoms with Crippen molar-refractivity contribution in [1.82, 2.24) is 0 Å². The highest BCUT2D eigenvalue weighted by Crippen LogP contribution is 2.37. The summed E-state index contributed by atoms with van der Waals surface area (Å²) in [4.78, 5) is 19.3. The lowest BCUT2D eigenvalue weighted by molar-refractivity contribution is -0.110. The van der Waals surface area contributed by atoms with E-state index < -0.39 is 0 Å². The van der Waals surface area contributed by atoms with Crippen LogP contribution in [0.3, 0.4) is 0 Å². The number of carbonyl (C=O) groups excluding carboxylic acids is 1. The minimum atomic E-state index is -0.281. The summed E-state index contributed by atoms with van der Waals surface area (Å²) in [5.41, 5.74) is 3.11. The average Bonchev–Trinajstić information content (AvgIpc) is 3.21. The summed E-state index contributed by atoms with van der Waals surface area (Å²) in [6, 6.07) is 12.0. The lowest BCUT2D eigenvalue weighted by atomic mass is 10.0. The van der Waals surface area contributed by atoms with E-state index in [1.54, 1.807) is 0 Å². The van der Waals surface area contributed by atoms with Crippen molar-refractivity contribution >= 4 is 28.0 Å². The van der Waals surface area contributed by atoms with Crippen LogP contribution < -0.4 is 5.32 Å². The number of benzene rings is 1. The standard InChI is InChI=1S/C20H19N3O2S/c21-12-15-14-9-5-2-6-10-18(14)26-20(15)22-19(24)16-11-17(25-23-16)13-7-3-1-4-8-13/h1,3-4,7-8,17H,2,5-6,9-11H2,(H,22,24)/t17-/m0/s1. The highest BCUT2D eigenvalue weighted by molar-refractivity contribution is 7.16. The van der Waals surface area contributed by atoms with E-state index in [2.05, 4.69) is 16.5 Å². The Morgan fingerprint density at radius 1 is 1.23 bits per heavy atom. The van der Waals surface area contributed by atoms with E-state index in [0.29, 0.717) is 22.7 Å². The van der Waals surface area contributed by atoms with Crippen molar-refractivity contribution in [3.8, 4) is 6.07 Å². The van der Waals surface area contributed by atoms with E-state index in [1.807, 2.05) is 30.3 Å². The third-order valence-electron chi connectivity index (χ3n) is 4.86. The molecular formula is C20H19N3O2S. The number of carbonyl (C=O) groups is 1. The van der Waals surface area contributed by atoms with Crippen molar-refractivity contribution in [2.75, 3.05) is 5.32 Å². The van der Waals surface area contributed by atoms with Crippen molar-refractivity contribution in [2.24, 2.45) is 5.16 Å². The molecule has 2 aromatic rings. The summed E-state index contributed by atoms with van der Waals surface area (Å²) in [7, 11) is 0. The van der Waals surface area contributed by atoms with Gasteiger partial charge in [-0.1, -0.05) is 41.9 Å². The molecule has 6 heteroatoms. The minimum absolute atomic E-state index is 0.229. The Bertz CT molecular complexity index is 896. The van der Waals surface area contributed by atoms with Gasteiger partial charge in [-0.25, -0.2) is 0 Å². The van der Waals surface area contributed by atoms with Gasteiger partial charge in [0.05, 0.1) is 5.56 Å². The molecule has 1 aliphatic heterocycles. The monoisotopic (exact) mass is 365 g/mol. The lowest BCUT2D eigenvalue weighted by Gasteiger charge is -2.07. The van der Waals surface area contributed by atoms with E-state index in [-0.39, 0.29) is 12.0 Å². The van der Waals surface area contributed by atoms with Gasteiger partial charge in [0.25, 0.3) is 5.91 Å². The van der Waals surface area contributed by atoms with Gasteiger partial charge in [0.15, 0.2) is 6.10 Å². The molecule has 1 atom stereocenters. The smallest absolute Gasteiger partial charge is 0.274 e. The number of amides is 1. The van der Waals surface area contributed by atoms with E-state index in [4.69, 9.17) is 4.84 Å². The second kappa shape index (κ2) is 7.30. The van der Waals surface area contributed by atoms with Crippen LogP contribution in [0.15, 0.2) is 35.5 Å². The number of aryl methyl sites for hydroxylation is 1. The van der Waals surface area contributed by atoms with Crippen LogP contribution in [0.1, 0.15) is 53.4 Å². The van der Waals surface area contributed by atoms with Gasteiger partial charge < -0.3 is 10.2 Å². The SMILES string of the molecule is N#Cc1c(NC(=O)C2=NO[C@H](c3ccccc3)C2)sc2c1CCCCC2. The normalized spacial score (nSPS) is 18.9. The molecule has 0 spiro atoms. The van der Waals surface area contributed by atoms with Gasteiger partial charge >= 0.3 is 0 Å². The van der Waals surface area contributed by atoms with Crippen LogP contribution in [0, 0.1) is 11.3 Å². The lowest BCUT2D eigenvalue weighted by Crippen LogP contribution is -2.21. The van der Waals surface area contributed by atoms with Crippen LogP contribution >= 0.6 is 11.3 Å². The molecule has 1 aromatic carbocycles. The van der Waals surface area contributed by atoms with Crippen LogP contribution in [-0.4, -0.2) is 11.6 Å². The van der Waals surface area contributed by atoms with Gasteiger partial charge in [-0.05, 0) is 36.8 Å². The van der Waals surface area contributed by atoms with Crippen LogP contribution in [0.25, 0.3) is 0 Å². The van der Waals surface area contributed by atoms with E-state index in [0.717, 1.165) is 36.8 Å². The highest BCUT2D eigenvalue weighted by Gasteiger charge is 2.29. The van der Waals surface area contributed by atoms with Gasteiger partial charge in [0.2, 0.25) is 0 Å². The van der Waals surface area contributed by atoms with Crippen molar-refractivity contribution in [3.63, 3.8) is 0 Å². The topological polar surface area (TPSA) is 74.5 Å². The number of hydrogen-bond donors (Lipinski definition) is 1. The molecule has 1 aliphatic carbocycles. The molecule has 5 nitrogen and oxygen atoms in total. The zero-order valence-electron chi connectivity index (χ0n) is 14.3. The summed E-state index contributed by atoms with van der Waals surface area (Å²) in [5.74, 6) is -0.281. The molecule has 1 N–H and O–H groups in total. The molecule has 0 unspecified atom stereocenters. The first-order chi connectivity index (χ1) is 12.8. The number of thiophene rings is 1. The minimum Gasteiger partial charge on any atom is -0.387 e. The maximum Gasteiger partial charge on any atom is 0.274 e. The molecule has 1 aromatic heterocycles. The van der Waals surface area contributed by atoms with Crippen molar-refractivity contribution in [2.45, 2.75) is 44.6 Å². The Morgan fingerprint density at radius 3 is 2.85 bits per heavy atom. The molecule has 26 heavy (non-hydrogen) atoms. The molecule has 0 fully saturated rings. The number of anilines is 1. The molecule has 0 saturated heterocycles. The Balaban J connectivity index is 1.48. The second-order valence-electron chi connectivity index (χ2n) is 6.58. The summed E-state index contributed by atoms with van der Waals surface area (Å²) < 4.78 is 0. The predicted molar refractivity (Wildman–Crippen MR) is 101 cm³/mol. The largest absolute Gasteiger partial charge is 0.387 e.